The maximum Gasteiger partial charge on any atom is 0.325 e. The van der Waals surface area contributed by atoms with E-state index in [0.29, 0.717) is 15.6 Å². The summed E-state index contributed by atoms with van der Waals surface area (Å²) in [5.74, 6) is -0.323. The number of benzene rings is 1. The summed E-state index contributed by atoms with van der Waals surface area (Å²) in [5.41, 5.74) is -0.265. The van der Waals surface area contributed by atoms with Gasteiger partial charge in [-0.15, -0.1) is 0 Å². The van der Waals surface area contributed by atoms with E-state index in [1.165, 1.54) is 4.90 Å². The zero-order valence-corrected chi connectivity index (χ0v) is 11.5. The lowest BCUT2D eigenvalue weighted by Crippen LogP contribution is -2.43. The first kappa shape index (κ1) is 13.2. The Morgan fingerprint density at radius 3 is 2.22 bits per heavy atom. The minimum Gasteiger partial charge on any atom is -0.306 e. The van der Waals surface area contributed by atoms with Crippen LogP contribution in [0.3, 0.4) is 0 Å². The van der Waals surface area contributed by atoms with Crippen molar-refractivity contribution in [2.75, 3.05) is 0 Å². The van der Waals surface area contributed by atoms with Crippen LogP contribution in [0.2, 0.25) is 10.0 Å². The summed E-state index contributed by atoms with van der Waals surface area (Å²) in [5, 5.41) is 3.23. The lowest BCUT2D eigenvalue weighted by atomic mass is 10.0. The van der Waals surface area contributed by atoms with Crippen LogP contribution in [-0.2, 0) is 11.3 Å². The number of nitrogens with zero attached hydrogens (tertiary/aromatic N) is 1. The van der Waals surface area contributed by atoms with E-state index in [9.17, 15) is 9.59 Å². The lowest BCUT2D eigenvalue weighted by molar-refractivity contribution is -0.125. The smallest absolute Gasteiger partial charge is 0.306 e. The van der Waals surface area contributed by atoms with Gasteiger partial charge in [-0.05, 0) is 26.0 Å². The van der Waals surface area contributed by atoms with E-state index in [1.54, 1.807) is 32.0 Å². The number of carbonyl (C=O) groups is 2. The minimum atomic E-state index is -0.903. The predicted molar refractivity (Wildman–Crippen MR) is 69.6 cm³/mol. The van der Waals surface area contributed by atoms with Crippen molar-refractivity contribution in [1.82, 2.24) is 10.2 Å². The molecule has 1 aromatic carbocycles. The lowest BCUT2D eigenvalue weighted by Gasteiger charge is -2.28. The monoisotopic (exact) mass is 286 g/mol. The molecule has 1 aromatic rings. The third-order valence-corrected chi connectivity index (χ3v) is 3.78. The van der Waals surface area contributed by atoms with Crippen molar-refractivity contribution in [3.05, 3.63) is 33.8 Å². The summed E-state index contributed by atoms with van der Waals surface area (Å²) < 4.78 is 0. The molecule has 1 heterocycles. The summed E-state index contributed by atoms with van der Waals surface area (Å²) in [6.07, 6.45) is 0. The van der Waals surface area contributed by atoms with Gasteiger partial charge in [-0.25, -0.2) is 4.79 Å². The zero-order valence-electron chi connectivity index (χ0n) is 9.96. The number of urea groups is 1. The molecule has 0 bridgehead atoms. The van der Waals surface area contributed by atoms with Crippen LogP contribution < -0.4 is 5.32 Å². The number of imide groups is 1. The van der Waals surface area contributed by atoms with Crippen molar-refractivity contribution >= 4 is 35.1 Å². The highest BCUT2D eigenvalue weighted by molar-refractivity contribution is 6.36. The molecule has 1 aliphatic heterocycles. The maximum atomic E-state index is 11.7. The normalized spacial score (nSPS) is 18.1. The van der Waals surface area contributed by atoms with Gasteiger partial charge >= 0.3 is 6.03 Å². The van der Waals surface area contributed by atoms with Crippen molar-refractivity contribution in [3.8, 4) is 0 Å². The molecule has 0 radical (unpaired) electrons. The summed E-state index contributed by atoms with van der Waals surface area (Å²) in [7, 11) is 0. The van der Waals surface area contributed by atoms with E-state index < -0.39 is 11.6 Å². The molecule has 1 aliphatic rings. The quantitative estimate of drug-likeness (QED) is 0.850. The van der Waals surface area contributed by atoms with Crippen LogP contribution in [0.15, 0.2) is 18.2 Å². The fourth-order valence-electron chi connectivity index (χ4n) is 1.80. The Morgan fingerprint density at radius 1 is 1.22 bits per heavy atom. The average Bonchev–Trinajstić information content (AvgIpc) is 2.45. The van der Waals surface area contributed by atoms with Gasteiger partial charge in [0.1, 0.15) is 5.54 Å². The summed E-state index contributed by atoms with van der Waals surface area (Å²) in [4.78, 5) is 24.8. The molecular formula is C12H12Cl2N2O2. The fraction of sp³-hybridized carbons (Fsp3) is 0.333. The van der Waals surface area contributed by atoms with Crippen LogP contribution in [0.1, 0.15) is 19.4 Å². The first-order valence-corrected chi connectivity index (χ1v) is 6.15. The van der Waals surface area contributed by atoms with Crippen molar-refractivity contribution in [2.24, 2.45) is 0 Å². The van der Waals surface area contributed by atoms with Gasteiger partial charge < -0.3 is 4.90 Å². The van der Waals surface area contributed by atoms with Crippen molar-refractivity contribution in [1.29, 1.82) is 0 Å². The largest absolute Gasteiger partial charge is 0.325 e. The van der Waals surface area contributed by atoms with Gasteiger partial charge in [-0.2, -0.15) is 0 Å². The molecule has 18 heavy (non-hydrogen) atoms. The third-order valence-electron chi connectivity index (χ3n) is 3.07. The van der Waals surface area contributed by atoms with Gasteiger partial charge in [0, 0.05) is 15.6 Å². The van der Waals surface area contributed by atoms with Gasteiger partial charge in [0.15, 0.2) is 0 Å². The molecule has 3 amide bonds. The van der Waals surface area contributed by atoms with Crippen LogP contribution in [0, 0.1) is 0 Å². The maximum absolute atomic E-state index is 11.7. The topological polar surface area (TPSA) is 49.4 Å². The summed E-state index contributed by atoms with van der Waals surface area (Å²) in [6.45, 7) is 3.55. The molecular weight excluding hydrogens is 275 g/mol. The Kier molecular flexibility index (Phi) is 3.25. The highest BCUT2D eigenvalue weighted by Gasteiger charge is 2.45. The Labute approximate surface area is 115 Å². The van der Waals surface area contributed by atoms with Crippen LogP contribution in [0.4, 0.5) is 4.79 Å². The SMILES string of the molecule is CC1(C)C(=O)NC(=O)N1Cc1c(Cl)cccc1Cl. The number of hydrogen-bond acceptors (Lipinski definition) is 2. The highest BCUT2D eigenvalue weighted by Crippen LogP contribution is 2.30. The Balaban J connectivity index is 2.35. The Morgan fingerprint density at radius 2 is 1.78 bits per heavy atom. The molecule has 6 heteroatoms. The molecule has 0 aliphatic carbocycles. The van der Waals surface area contributed by atoms with E-state index in [4.69, 9.17) is 23.2 Å². The highest BCUT2D eigenvalue weighted by atomic mass is 35.5. The molecule has 1 saturated heterocycles. The van der Waals surface area contributed by atoms with E-state index >= 15 is 0 Å². The van der Waals surface area contributed by atoms with E-state index in [0.717, 1.165) is 0 Å². The van der Waals surface area contributed by atoms with E-state index in [-0.39, 0.29) is 12.5 Å². The third kappa shape index (κ3) is 2.06. The molecule has 0 atom stereocenters. The summed E-state index contributed by atoms with van der Waals surface area (Å²) >= 11 is 12.1. The predicted octanol–water partition coefficient (Wildman–Crippen LogP) is 2.82. The van der Waals surface area contributed by atoms with Gasteiger partial charge in [-0.1, -0.05) is 29.3 Å². The molecule has 0 spiro atoms. The second kappa shape index (κ2) is 4.44. The molecule has 0 aromatic heterocycles. The first-order chi connectivity index (χ1) is 8.34. The molecule has 2 rings (SSSR count). The van der Waals surface area contributed by atoms with Crippen molar-refractivity contribution < 1.29 is 9.59 Å². The van der Waals surface area contributed by atoms with Gasteiger partial charge in [-0.3, -0.25) is 10.1 Å². The average molecular weight is 287 g/mol. The van der Waals surface area contributed by atoms with Gasteiger partial charge in [0.2, 0.25) is 0 Å². The van der Waals surface area contributed by atoms with E-state index in [2.05, 4.69) is 5.32 Å². The standard InChI is InChI=1S/C12H12Cl2N2O2/c1-12(2)10(17)15-11(18)16(12)6-7-8(13)4-3-5-9(7)14/h3-5H,6H2,1-2H3,(H,15,17,18). The second-order valence-corrected chi connectivity index (χ2v) is 5.42. The number of carbonyl (C=O) groups excluding carboxylic acids is 2. The number of rotatable bonds is 2. The molecule has 0 unspecified atom stereocenters. The first-order valence-electron chi connectivity index (χ1n) is 5.40. The molecule has 1 fully saturated rings. The number of nitrogens with one attached hydrogen (secondary N) is 1. The Hall–Kier alpha value is -1.26. The molecule has 1 N–H and O–H groups in total. The number of hydrogen-bond donors (Lipinski definition) is 1. The van der Waals surface area contributed by atoms with Crippen LogP contribution >= 0.6 is 23.2 Å². The van der Waals surface area contributed by atoms with Crippen LogP contribution in [0.5, 0.6) is 0 Å². The van der Waals surface area contributed by atoms with Crippen molar-refractivity contribution in [3.63, 3.8) is 0 Å². The number of halogens is 2. The minimum absolute atomic E-state index is 0.198. The van der Waals surface area contributed by atoms with Gasteiger partial charge in [0.05, 0.1) is 6.54 Å². The second-order valence-electron chi connectivity index (χ2n) is 4.60. The fourth-order valence-corrected chi connectivity index (χ4v) is 2.32. The Bertz CT molecular complexity index is 509. The van der Waals surface area contributed by atoms with Crippen molar-refractivity contribution in [2.45, 2.75) is 25.9 Å². The van der Waals surface area contributed by atoms with Crippen LogP contribution in [0.25, 0.3) is 0 Å². The van der Waals surface area contributed by atoms with E-state index in [1.807, 2.05) is 0 Å². The zero-order chi connectivity index (χ0) is 13.5. The summed E-state index contributed by atoms with van der Waals surface area (Å²) in [6, 6.07) is 4.70. The van der Waals surface area contributed by atoms with Gasteiger partial charge in [0.25, 0.3) is 5.91 Å². The molecule has 4 nitrogen and oxygen atoms in total. The van der Waals surface area contributed by atoms with Crippen LogP contribution in [-0.4, -0.2) is 22.4 Å². The molecule has 96 valence electrons. The number of amides is 3. The molecule has 0 saturated carbocycles.